The molecule has 0 saturated carbocycles. The van der Waals surface area contributed by atoms with E-state index in [1.165, 1.54) is 0 Å². The van der Waals surface area contributed by atoms with E-state index < -0.39 is 17.8 Å². The Morgan fingerprint density at radius 3 is 2.24 bits per heavy atom. The fourth-order valence-corrected chi connectivity index (χ4v) is 5.19. The summed E-state index contributed by atoms with van der Waals surface area (Å²) in [7, 11) is 1.58. The highest BCUT2D eigenvalue weighted by Crippen LogP contribution is 2.43. The molecule has 0 saturated heterocycles. The third kappa shape index (κ3) is 5.43. The Hall–Kier alpha value is -4.92. The lowest BCUT2D eigenvalue weighted by atomic mass is 9.75. The Balaban J connectivity index is 1.45. The smallest absolute Gasteiger partial charge is 0.338 e. The number of Topliss-reactive ketones (excluding diaryl/α,β-unsaturated/α-hetero) is 1. The van der Waals surface area contributed by atoms with Crippen LogP contribution in [0.1, 0.15) is 48.3 Å². The number of aromatic nitrogens is 1. The fraction of sp³-hybridized carbons (Fsp3) is 0.250. The highest BCUT2D eigenvalue weighted by molar-refractivity contribution is 6.21. The largest absolute Gasteiger partial charge is 0.497 e. The second-order valence-electron chi connectivity index (χ2n) is 9.63. The van der Waals surface area contributed by atoms with Crippen LogP contribution in [0.5, 0.6) is 5.75 Å². The first kappa shape index (κ1) is 27.6. The zero-order chi connectivity index (χ0) is 29.1. The van der Waals surface area contributed by atoms with Crippen LogP contribution in [0.15, 0.2) is 82.6 Å². The average Bonchev–Trinajstić information content (AvgIpc) is 3.57. The number of allylic oxidation sites excluding steroid dienone is 2. The van der Waals surface area contributed by atoms with Gasteiger partial charge in [-0.1, -0.05) is 24.3 Å². The van der Waals surface area contributed by atoms with Crippen LogP contribution >= 0.6 is 0 Å². The van der Waals surface area contributed by atoms with E-state index in [0.29, 0.717) is 40.7 Å². The Labute approximate surface area is 237 Å². The van der Waals surface area contributed by atoms with Gasteiger partial charge in [0.2, 0.25) is 0 Å². The molecular formula is C32H31N3O6. The molecule has 5 rings (SSSR count). The molecule has 0 bridgehead atoms. The van der Waals surface area contributed by atoms with Crippen molar-refractivity contribution in [2.75, 3.05) is 20.3 Å². The van der Waals surface area contributed by atoms with Gasteiger partial charge in [-0.05, 0) is 74.4 Å². The van der Waals surface area contributed by atoms with E-state index in [1.807, 2.05) is 48.5 Å². The molecule has 0 radical (unpaired) electrons. The molecule has 2 N–H and O–H groups in total. The molecule has 0 spiro atoms. The monoisotopic (exact) mass is 553 g/mol. The molecule has 210 valence electrons. The maximum atomic E-state index is 13.8. The molecule has 3 heterocycles. The van der Waals surface area contributed by atoms with E-state index in [1.54, 1.807) is 46.1 Å². The molecule has 2 aliphatic rings. The van der Waals surface area contributed by atoms with Crippen molar-refractivity contribution in [3.05, 3.63) is 94.5 Å². The van der Waals surface area contributed by atoms with Gasteiger partial charge in [0.1, 0.15) is 17.3 Å². The molecule has 1 aromatic heterocycles. The number of rotatable bonds is 8. The summed E-state index contributed by atoms with van der Waals surface area (Å²) >= 11 is 0. The lowest BCUT2D eigenvalue weighted by Crippen LogP contribution is -2.42. The summed E-state index contributed by atoms with van der Waals surface area (Å²) in [5.41, 5.74) is 4.93. The van der Waals surface area contributed by atoms with Gasteiger partial charge in [0.05, 0.1) is 37.4 Å². The number of fused-ring (bicyclic) bond motifs is 1. The van der Waals surface area contributed by atoms with Gasteiger partial charge in [-0.3, -0.25) is 4.79 Å². The quantitative estimate of drug-likeness (QED) is 0.297. The van der Waals surface area contributed by atoms with Crippen LogP contribution in [-0.2, 0) is 19.1 Å². The number of esters is 2. The molecule has 2 atom stereocenters. The van der Waals surface area contributed by atoms with Crippen LogP contribution in [0.4, 0.5) is 0 Å². The van der Waals surface area contributed by atoms with E-state index in [-0.39, 0.29) is 24.1 Å². The number of benzene rings is 2. The summed E-state index contributed by atoms with van der Waals surface area (Å²) in [5.74, 6) is -1.14. The number of ether oxygens (including phenoxy) is 3. The SMILES string of the molecule is CCOC(=O)C1=C(C)NC2=N/C(=C\c3ccc(-c4ccc(C(=O)OCC)cc4)[nH]3)C(=O)C2C1c1ccc(OC)cc1. The van der Waals surface area contributed by atoms with Crippen LogP contribution in [0.2, 0.25) is 0 Å². The summed E-state index contributed by atoms with van der Waals surface area (Å²) in [6.07, 6.45) is 1.70. The first-order valence-electron chi connectivity index (χ1n) is 13.4. The Morgan fingerprint density at radius 1 is 0.902 bits per heavy atom. The molecular weight excluding hydrogens is 522 g/mol. The van der Waals surface area contributed by atoms with Crippen molar-refractivity contribution in [1.29, 1.82) is 0 Å². The van der Waals surface area contributed by atoms with Crippen molar-refractivity contribution in [2.24, 2.45) is 10.9 Å². The minimum Gasteiger partial charge on any atom is -0.497 e. The second kappa shape index (κ2) is 11.7. The van der Waals surface area contributed by atoms with E-state index in [2.05, 4.69) is 15.3 Å². The lowest BCUT2D eigenvalue weighted by molar-refractivity contribution is -0.139. The molecule has 2 aromatic carbocycles. The fourth-order valence-electron chi connectivity index (χ4n) is 5.19. The molecule has 9 heteroatoms. The Kier molecular flexibility index (Phi) is 7.87. The zero-order valence-electron chi connectivity index (χ0n) is 23.3. The van der Waals surface area contributed by atoms with Gasteiger partial charge in [0.25, 0.3) is 0 Å². The van der Waals surface area contributed by atoms with Crippen molar-refractivity contribution in [1.82, 2.24) is 10.3 Å². The number of carbonyl (C=O) groups excluding carboxylic acids is 3. The van der Waals surface area contributed by atoms with E-state index in [9.17, 15) is 14.4 Å². The van der Waals surface area contributed by atoms with Gasteiger partial charge < -0.3 is 24.5 Å². The van der Waals surface area contributed by atoms with E-state index in [4.69, 9.17) is 14.2 Å². The van der Waals surface area contributed by atoms with Crippen LogP contribution in [0.25, 0.3) is 17.3 Å². The molecule has 0 amide bonds. The molecule has 0 aliphatic carbocycles. The Bertz CT molecular complexity index is 1580. The van der Waals surface area contributed by atoms with Crippen LogP contribution in [0.3, 0.4) is 0 Å². The number of aromatic amines is 1. The standard InChI is InChI=1S/C32H31N3O6/c1-5-40-31(37)21-9-7-19(8-10-21)24-16-13-22(34-24)17-25-29(36)28-27(20-11-14-23(39-4)15-12-20)26(32(38)41-6-2)18(3)33-30(28)35-25/h7-17,27-28,34H,5-6H2,1-4H3,(H,33,35)/b25-17-. The first-order valence-corrected chi connectivity index (χ1v) is 13.4. The van der Waals surface area contributed by atoms with Gasteiger partial charge in [0, 0.05) is 23.0 Å². The zero-order valence-corrected chi connectivity index (χ0v) is 23.3. The van der Waals surface area contributed by atoms with Crippen LogP contribution in [-0.4, -0.2) is 48.9 Å². The summed E-state index contributed by atoms with van der Waals surface area (Å²) in [5, 5.41) is 3.19. The van der Waals surface area contributed by atoms with Crippen molar-refractivity contribution in [2.45, 2.75) is 26.7 Å². The summed E-state index contributed by atoms with van der Waals surface area (Å²) in [6, 6.07) is 18.2. The van der Waals surface area contributed by atoms with Gasteiger partial charge in [0.15, 0.2) is 5.78 Å². The van der Waals surface area contributed by atoms with E-state index >= 15 is 0 Å². The number of aliphatic imine (C=N–C) groups is 1. The minimum atomic E-state index is -0.706. The van der Waals surface area contributed by atoms with E-state index in [0.717, 1.165) is 16.8 Å². The molecule has 9 nitrogen and oxygen atoms in total. The lowest BCUT2D eigenvalue weighted by Gasteiger charge is -2.32. The molecule has 2 aliphatic heterocycles. The normalized spacial score (nSPS) is 19.0. The van der Waals surface area contributed by atoms with Crippen molar-refractivity contribution in [3.63, 3.8) is 0 Å². The Morgan fingerprint density at radius 2 is 1.59 bits per heavy atom. The first-order chi connectivity index (χ1) is 19.8. The number of nitrogens with one attached hydrogen (secondary N) is 2. The van der Waals surface area contributed by atoms with Crippen LogP contribution < -0.4 is 10.1 Å². The minimum absolute atomic E-state index is 0.197. The van der Waals surface area contributed by atoms with Crippen molar-refractivity contribution < 1.29 is 28.6 Å². The number of ketones is 1. The summed E-state index contributed by atoms with van der Waals surface area (Å²) < 4.78 is 15.7. The number of hydrogen-bond donors (Lipinski definition) is 2. The highest BCUT2D eigenvalue weighted by Gasteiger charge is 2.47. The van der Waals surface area contributed by atoms with Gasteiger partial charge in [-0.25, -0.2) is 14.6 Å². The van der Waals surface area contributed by atoms with Gasteiger partial charge >= 0.3 is 11.9 Å². The highest BCUT2D eigenvalue weighted by atomic mass is 16.5. The molecule has 0 fully saturated rings. The number of carbonyl (C=O) groups is 3. The number of methoxy groups -OCH3 is 1. The third-order valence-corrected chi connectivity index (χ3v) is 7.11. The number of hydrogen-bond acceptors (Lipinski definition) is 8. The number of amidine groups is 1. The topological polar surface area (TPSA) is 119 Å². The number of H-pyrrole nitrogens is 1. The molecule has 2 unspecified atom stereocenters. The van der Waals surface area contributed by atoms with Crippen molar-refractivity contribution >= 4 is 29.6 Å². The predicted molar refractivity (Wildman–Crippen MR) is 154 cm³/mol. The molecule has 3 aromatic rings. The van der Waals surface area contributed by atoms with Crippen molar-refractivity contribution in [3.8, 4) is 17.0 Å². The van der Waals surface area contributed by atoms with Gasteiger partial charge in [-0.2, -0.15) is 0 Å². The number of nitrogens with zero attached hydrogens (tertiary/aromatic N) is 1. The second-order valence-corrected chi connectivity index (χ2v) is 9.63. The molecule has 41 heavy (non-hydrogen) atoms. The summed E-state index contributed by atoms with van der Waals surface area (Å²) in [4.78, 5) is 46.8. The van der Waals surface area contributed by atoms with Gasteiger partial charge in [-0.15, -0.1) is 0 Å². The maximum absolute atomic E-state index is 13.8. The average molecular weight is 554 g/mol. The third-order valence-electron chi connectivity index (χ3n) is 7.11. The predicted octanol–water partition coefficient (Wildman–Crippen LogP) is 5.03. The summed E-state index contributed by atoms with van der Waals surface area (Å²) in [6.45, 7) is 5.84. The van der Waals surface area contributed by atoms with Crippen LogP contribution in [0, 0.1) is 5.92 Å². The maximum Gasteiger partial charge on any atom is 0.338 e.